The predicted molar refractivity (Wildman–Crippen MR) is 109 cm³/mol. The number of hydrogen-bond acceptors (Lipinski definition) is 7. The molecule has 0 saturated heterocycles. The fraction of sp³-hybridized carbons (Fsp3) is 0.143. The second-order valence-corrected chi connectivity index (χ2v) is 6.52. The van der Waals surface area contributed by atoms with Crippen LogP contribution in [0.5, 0.6) is 11.5 Å². The fourth-order valence-electron chi connectivity index (χ4n) is 2.98. The Morgan fingerprint density at radius 2 is 1.93 bits per heavy atom. The van der Waals surface area contributed by atoms with Crippen LogP contribution in [0.2, 0.25) is 0 Å². The molecule has 1 aliphatic heterocycles. The molecule has 30 heavy (non-hydrogen) atoms. The summed E-state index contributed by atoms with van der Waals surface area (Å²) < 4.78 is 10.6. The molecule has 0 bridgehead atoms. The summed E-state index contributed by atoms with van der Waals surface area (Å²) >= 11 is 0. The van der Waals surface area contributed by atoms with Gasteiger partial charge in [-0.1, -0.05) is 18.2 Å². The van der Waals surface area contributed by atoms with Crippen molar-refractivity contribution in [2.75, 3.05) is 19.6 Å². The lowest BCUT2D eigenvalue weighted by molar-refractivity contribution is 0.0945. The van der Waals surface area contributed by atoms with Gasteiger partial charge in [0.05, 0.1) is 11.9 Å². The van der Waals surface area contributed by atoms with Crippen molar-refractivity contribution in [2.24, 2.45) is 0 Å². The second kappa shape index (κ2) is 8.08. The predicted octanol–water partition coefficient (Wildman–Crippen LogP) is 1.74. The van der Waals surface area contributed by atoms with Crippen LogP contribution in [0, 0.1) is 0 Å². The van der Waals surface area contributed by atoms with E-state index in [1.54, 1.807) is 24.3 Å². The third-order valence-corrected chi connectivity index (χ3v) is 4.55. The molecule has 0 radical (unpaired) electrons. The Hall–Kier alpha value is -4.14. The van der Waals surface area contributed by atoms with Crippen molar-refractivity contribution in [1.82, 2.24) is 20.6 Å². The molecule has 0 atom stereocenters. The number of benzene rings is 2. The molecule has 0 saturated carbocycles. The Morgan fingerprint density at radius 1 is 1.10 bits per heavy atom. The highest BCUT2D eigenvalue weighted by atomic mass is 16.7. The van der Waals surface area contributed by atoms with Gasteiger partial charge in [0.1, 0.15) is 0 Å². The summed E-state index contributed by atoms with van der Waals surface area (Å²) in [7, 11) is 1.49. The summed E-state index contributed by atoms with van der Waals surface area (Å²) in [6, 6.07) is 12.4. The Morgan fingerprint density at radius 3 is 2.77 bits per heavy atom. The van der Waals surface area contributed by atoms with Gasteiger partial charge < -0.3 is 25.8 Å². The monoisotopic (exact) mass is 405 g/mol. The largest absolute Gasteiger partial charge is 0.454 e. The number of fused-ring (bicyclic) bond motifs is 1. The van der Waals surface area contributed by atoms with E-state index in [1.165, 1.54) is 13.2 Å². The van der Waals surface area contributed by atoms with Crippen molar-refractivity contribution < 1.29 is 19.1 Å². The molecule has 1 aromatic heterocycles. The maximum Gasteiger partial charge on any atom is 0.273 e. The smallest absolute Gasteiger partial charge is 0.273 e. The van der Waals surface area contributed by atoms with Crippen molar-refractivity contribution in [2.45, 2.75) is 6.54 Å². The number of carbonyl (C=O) groups excluding carboxylic acids is 2. The normalized spacial score (nSPS) is 11.8. The molecule has 9 heteroatoms. The van der Waals surface area contributed by atoms with Crippen LogP contribution in [0.3, 0.4) is 0 Å². The molecule has 2 amide bonds. The molecule has 0 unspecified atom stereocenters. The van der Waals surface area contributed by atoms with Gasteiger partial charge in [-0.3, -0.25) is 9.59 Å². The van der Waals surface area contributed by atoms with Crippen LogP contribution in [0.25, 0.3) is 11.3 Å². The van der Waals surface area contributed by atoms with Crippen molar-refractivity contribution in [3.05, 3.63) is 65.5 Å². The summed E-state index contributed by atoms with van der Waals surface area (Å²) in [4.78, 5) is 32.9. The number of hydrogen-bond donors (Lipinski definition) is 3. The van der Waals surface area contributed by atoms with Crippen LogP contribution < -0.4 is 25.8 Å². The van der Waals surface area contributed by atoms with Gasteiger partial charge in [0.15, 0.2) is 23.0 Å². The van der Waals surface area contributed by atoms with E-state index in [0.29, 0.717) is 34.9 Å². The number of rotatable bonds is 5. The Kier molecular flexibility index (Phi) is 5.17. The topological polar surface area (TPSA) is 128 Å². The van der Waals surface area contributed by atoms with Gasteiger partial charge >= 0.3 is 0 Å². The third-order valence-electron chi connectivity index (χ3n) is 4.55. The molecule has 4 rings (SSSR count). The number of carbonyl (C=O) groups is 2. The molecule has 0 fully saturated rings. The molecule has 3 aromatic rings. The van der Waals surface area contributed by atoms with Gasteiger partial charge in [0.25, 0.3) is 11.8 Å². The highest BCUT2D eigenvalue weighted by Crippen LogP contribution is 2.32. The van der Waals surface area contributed by atoms with Crippen molar-refractivity contribution in [3.8, 4) is 22.8 Å². The molecule has 0 aliphatic carbocycles. The Balaban J connectivity index is 1.50. The first-order valence-corrected chi connectivity index (χ1v) is 9.17. The van der Waals surface area contributed by atoms with Crippen LogP contribution in [0.1, 0.15) is 26.4 Å². The summed E-state index contributed by atoms with van der Waals surface area (Å²) in [5.41, 5.74) is 8.19. The van der Waals surface area contributed by atoms with E-state index >= 15 is 0 Å². The van der Waals surface area contributed by atoms with E-state index in [9.17, 15) is 9.59 Å². The van der Waals surface area contributed by atoms with Gasteiger partial charge in [-0.2, -0.15) is 0 Å². The Labute approximate surface area is 172 Å². The summed E-state index contributed by atoms with van der Waals surface area (Å²) in [6.45, 7) is 0.537. The Bertz CT molecular complexity index is 1130. The van der Waals surface area contributed by atoms with Crippen LogP contribution in [-0.4, -0.2) is 35.6 Å². The lowest BCUT2D eigenvalue weighted by atomic mass is 10.1. The minimum Gasteiger partial charge on any atom is -0.454 e. The first-order chi connectivity index (χ1) is 14.5. The van der Waals surface area contributed by atoms with Gasteiger partial charge in [-0.25, -0.2) is 9.97 Å². The van der Waals surface area contributed by atoms with Crippen LogP contribution >= 0.6 is 0 Å². The zero-order chi connectivity index (χ0) is 21.1. The van der Waals surface area contributed by atoms with Gasteiger partial charge in [-0.05, 0) is 29.8 Å². The van der Waals surface area contributed by atoms with Gasteiger partial charge in [0.2, 0.25) is 6.79 Å². The van der Waals surface area contributed by atoms with Crippen LogP contribution in [-0.2, 0) is 6.54 Å². The van der Waals surface area contributed by atoms with E-state index in [-0.39, 0.29) is 24.2 Å². The minimum absolute atomic E-state index is 0.0349. The van der Waals surface area contributed by atoms with E-state index in [0.717, 1.165) is 5.56 Å². The summed E-state index contributed by atoms with van der Waals surface area (Å²) in [5, 5.41) is 5.35. The van der Waals surface area contributed by atoms with Gasteiger partial charge in [-0.15, -0.1) is 0 Å². The molecule has 152 valence electrons. The van der Waals surface area contributed by atoms with E-state index in [2.05, 4.69) is 20.6 Å². The van der Waals surface area contributed by atoms with E-state index in [1.807, 2.05) is 18.2 Å². The molecule has 4 N–H and O–H groups in total. The highest BCUT2D eigenvalue weighted by Gasteiger charge is 2.15. The quantitative estimate of drug-likeness (QED) is 0.590. The number of nitrogens with zero attached hydrogens (tertiary/aromatic N) is 2. The number of nitrogen functional groups attached to an aromatic ring is 1. The lowest BCUT2D eigenvalue weighted by Crippen LogP contribution is -2.23. The van der Waals surface area contributed by atoms with Gasteiger partial charge in [0, 0.05) is 24.7 Å². The zero-order valence-electron chi connectivity index (χ0n) is 16.1. The summed E-state index contributed by atoms with van der Waals surface area (Å²) in [6.07, 6.45) is 1.46. The average Bonchev–Trinajstić information content (AvgIpc) is 3.25. The molecule has 0 spiro atoms. The third kappa shape index (κ3) is 3.86. The first kappa shape index (κ1) is 19.2. The average molecular weight is 405 g/mol. The molecular weight excluding hydrogens is 386 g/mol. The van der Waals surface area contributed by atoms with Crippen LogP contribution in [0.15, 0.2) is 48.7 Å². The number of nitrogens with two attached hydrogens (primary N) is 1. The number of aromatic nitrogens is 2. The minimum atomic E-state index is -0.431. The van der Waals surface area contributed by atoms with Crippen molar-refractivity contribution >= 4 is 17.6 Å². The number of anilines is 1. The first-order valence-electron chi connectivity index (χ1n) is 9.17. The molecular formula is C21H19N5O4. The number of amides is 2. The van der Waals surface area contributed by atoms with E-state index in [4.69, 9.17) is 15.2 Å². The molecule has 9 nitrogen and oxygen atoms in total. The zero-order valence-corrected chi connectivity index (χ0v) is 16.1. The summed E-state index contributed by atoms with van der Waals surface area (Å²) in [5.74, 6) is 0.718. The maximum absolute atomic E-state index is 12.6. The standard InChI is InChI=1S/C21H19N5O4/c1-23-21(28)18-19(22)24-10-15(26-18)13-3-2-4-14(8-13)20(27)25-9-12-5-6-16-17(7-12)30-11-29-16/h2-8,10H,9,11H2,1H3,(H2,22,24)(H,23,28)(H,25,27). The lowest BCUT2D eigenvalue weighted by Gasteiger charge is -2.09. The molecule has 1 aliphatic rings. The maximum atomic E-state index is 12.6. The highest BCUT2D eigenvalue weighted by molar-refractivity contribution is 5.97. The van der Waals surface area contributed by atoms with Crippen LogP contribution in [0.4, 0.5) is 5.82 Å². The molecule has 2 aromatic carbocycles. The van der Waals surface area contributed by atoms with Crippen molar-refractivity contribution in [1.29, 1.82) is 0 Å². The SMILES string of the molecule is CNC(=O)c1nc(-c2cccc(C(=O)NCc3ccc4c(c3)OCO4)c2)cnc1N. The van der Waals surface area contributed by atoms with E-state index < -0.39 is 5.91 Å². The number of ether oxygens (including phenoxy) is 2. The van der Waals surface area contributed by atoms with Crippen molar-refractivity contribution in [3.63, 3.8) is 0 Å². The fourth-order valence-corrected chi connectivity index (χ4v) is 2.98. The molecule has 2 heterocycles. The second-order valence-electron chi connectivity index (χ2n) is 6.52. The number of nitrogens with one attached hydrogen (secondary N) is 2.